The number of H-pyrrole nitrogens is 1. The number of halogens is 1. The van der Waals surface area contributed by atoms with E-state index >= 15 is 0 Å². The maximum absolute atomic E-state index is 3.65. The number of aromatic nitrogens is 1. The van der Waals surface area contributed by atoms with Gasteiger partial charge in [-0.25, -0.2) is 0 Å². The standard InChI is InChI=1S/C22H18BrN/c1-14-8-10-16(11-9-14)21-20-15(2)12-18(23)13-19(20)24-22(21)17-6-4-3-5-7-17/h3-13,24H,1-2H3. The highest BCUT2D eigenvalue weighted by Gasteiger charge is 2.17. The van der Waals surface area contributed by atoms with Gasteiger partial charge in [0.25, 0.3) is 0 Å². The van der Waals surface area contributed by atoms with Gasteiger partial charge >= 0.3 is 0 Å². The number of benzene rings is 3. The lowest BCUT2D eigenvalue weighted by Gasteiger charge is -2.08. The highest BCUT2D eigenvalue weighted by molar-refractivity contribution is 9.10. The molecule has 1 nitrogen and oxygen atoms in total. The Kier molecular flexibility index (Phi) is 3.78. The van der Waals surface area contributed by atoms with Crippen LogP contribution in [0.4, 0.5) is 0 Å². The molecular formula is C22H18BrN. The second-order valence-corrected chi connectivity index (χ2v) is 7.17. The van der Waals surface area contributed by atoms with Crippen molar-refractivity contribution in [2.75, 3.05) is 0 Å². The molecule has 3 aromatic carbocycles. The Hall–Kier alpha value is -2.32. The van der Waals surface area contributed by atoms with Crippen molar-refractivity contribution in [1.29, 1.82) is 0 Å². The topological polar surface area (TPSA) is 15.8 Å². The fourth-order valence-corrected chi connectivity index (χ4v) is 3.90. The molecule has 0 saturated heterocycles. The van der Waals surface area contributed by atoms with E-state index < -0.39 is 0 Å². The number of rotatable bonds is 2. The van der Waals surface area contributed by atoms with E-state index in [1.165, 1.54) is 38.9 Å². The average Bonchev–Trinajstić information content (AvgIpc) is 2.96. The first-order valence-electron chi connectivity index (χ1n) is 8.08. The Morgan fingerprint density at radius 3 is 2.21 bits per heavy atom. The van der Waals surface area contributed by atoms with Gasteiger partial charge in [0.15, 0.2) is 0 Å². The first-order chi connectivity index (χ1) is 11.6. The lowest BCUT2D eigenvalue weighted by Crippen LogP contribution is -1.84. The van der Waals surface area contributed by atoms with Crippen LogP contribution < -0.4 is 0 Å². The second kappa shape index (κ2) is 5.95. The third kappa shape index (κ3) is 2.57. The number of aromatic amines is 1. The fraction of sp³-hybridized carbons (Fsp3) is 0.0909. The van der Waals surface area contributed by atoms with Crippen molar-refractivity contribution in [3.8, 4) is 22.4 Å². The van der Waals surface area contributed by atoms with Crippen LogP contribution >= 0.6 is 15.9 Å². The molecule has 4 aromatic rings. The van der Waals surface area contributed by atoms with Gasteiger partial charge in [0.1, 0.15) is 0 Å². The van der Waals surface area contributed by atoms with Crippen molar-refractivity contribution in [2.24, 2.45) is 0 Å². The van der Waals surface area contributed by atoms with Gasteiger partial charge in [-0.2, -0.15) is 0 Å². The maximum atomic E-state index is 3.65. The van der Waals surface area contributed by atoms with Gasteiger partial charge in [-0.05, 0) is 42.7 Å². The summed E-state index contributed by atoms with van der Waals surface area (Å²) in [7, 11) is 0. The minimum absolute atomic E-state index is 1.10. The number of nitrogens with one attached hydrogen (secondary N) is 1. The molecule has 1 heterocycles. The molecule has 0 aliphatic rings. The molecule has 1 aromatic heterocycles. The Morgan fingerprint density at radius 2 is 1.50 bits per heavy atom. The van der Waals surface area contributed by atoms with E-state index in [2.05, 4.69) is 101 Å². The first kappa shape index (κ1) is 15.2. The lowest BCUT2D eigenvalue weighted by molar-refractivity contribution is 1.43. The Morgan fingerprint density at radius 1 is 0.792 bits per heavy atom. The van der Waals surface area contributed by atoms with E-state index in [0.29, 0.717) is 0 Å². The van der Waals surface area contributed by atoms with Gasteiger partial charge < -0.3 is 4.98 Å². The summed E-state index contributed by atoms with van der Waals surface area (Å²) in [6, 6.07) is 23.7. The molecule has 0 saturated carbocycles. The third-order valence-electron chi connectivity index (χ3n) is 4.46. The van der Waals surface area contributed by atoms with Crippen LogP contribution in [0.1, 0.15) is 11.1 Å². The Balaban J connectivity index is 2.10. The van der Waals surface area contributed by atoms with Crippen LogP contribution in [0.15, 0.2) is 71.2 Å². The molecule has 4 rings (SSSR count). The molecule has 0 unspecified atom stereocenters. The summed E-state index contributed by atoms with van der Waals surface area (Å²) in [5.41, 5.74) is 8.62. The van der Waals surface area contributed by atoms with Crippen LogP contribution in [0.2, 0.25) is 0 Å². The minimum Gasteiger partial charge on any atom is -0.354 e. The van der Waals surface area contributed by atoms with Crippen LogP contribution in [-0.4, -0.2) is 4.98 Å². The summed E-state index contributed by atoms with van der Waals surface area (Å²) in [5.74, 6) is 0. The zero-order valence-electron chi connectivity index (χ0n) is 13.7. The molecule has 0 atom stereocenters. The molecule has 0 fully saturated rings. The van der Waals surface area contributed by atoms with Crippen LogP contribution in [-0.2, 0) is 0 Å². The van der Waals surface area contributed by atoms with E-state index in [4.69, 9.17) is 0 Å². The van der Waals surface area contributed by atoms with Gasteiger partial charge in [-0.3, -0.25) is 0 Å². The van der Waals surface area contributed by atoms with Gasteiger partial charge in [0.05, 0.1) is 5.69 Å². The molecule has 1 N–H and O–H groups in total. The summed E-state index contributed by atoms with van der Waals surface area (Å²) >= 11 is 3.62. The van der Waals surface area contributed by atoms with E-state index in [0.717, 1.165) is 9.99 Å². The van der Waals surface area contributed by atoms with E-state index in [-0.39, 0.29) is 0 Å². The van der Waals surface area contributed by atoms with Crippen molar-refractivity contribution in [1.82, 2.24) is 4.98 Å². The van der Waals surface area contributed by atoms with Gasteiger partial charge in [0.2, 0.25) is 0 Å². The predicted molar refractivity (Wildman–Crippen MR) is 106 cm³/mol. The number of hydrogen-bond donors (Lipinski definition) is 1. The van der Waals surface area contributed by atoms with E-state index in [9.17, 15) is 0 Å². The number of hydrogen-bond acceptors (Lipinski definition) is 0. The molecule has 0 radical (unpaired) electrons. The average molecular weight is 376 g/mol. The lowest BCUT2D eigenvalue weighted by atomic mass is 9.96. The summed E-state index contributed by atoms with van der Waals surface area (Å²) in [6.45, 7) is 4.30. The largest absolute Gasteiger partial charge is 0.354 e. The normalized spacial score (nSPS) is 11.1. The SMILES string of the molecule is Cc1ccc(-c2c(-c3ccccc3)[nH]c3cc(Br)cc(C)c23)cc1. The van der Waals surface area contributed by atoms with Crippen LogP contribution in [0, 0.1) is 13.8 Å². The summed E-state index contributed by atoms with van der Waals surface area (Å²) < 4.78 is 1.10. The van der Waals surface area contributed by atoms with Crippen molar-refractivity contribution >= 4 is 26.8 Å². The highest BCUT2D eigenvalue weighted by Crippen LogP contribution is 2.40. The Labute approximate surface area is 150 Å². The minimum atomic E-state index is 1.10. The zero-order valence-corrected chi connectivity index (χ0v) is 15.3. The van der Waals surface area contributed by atoms with Crippen molar-refractivity contribution in [2.45, 2.75) is 13.8 Å². The molecule has 0 amide bonds. The van der Waals surface area contributed by atoms with Crippen LogP contribution in [0.5, 0.6) is 0 Å². The third-order valence-corrected chi connectivity index (χ3v) is 4.92. The second-order valence-electron chi connectivity index (χ2n) is 6.25. The van der Waals surface area contributed by atoms with E-state index in [1.54, 1.807) is 0 Å². The monoisotopic (exact) mass is 375 g/mol. The molecule has 0 aliphatic carbocycles. The highest BCUT2D eigenvalue weighted by atomic mass is 79.9. The van der Waals surface area contributed by atoms with Gasteiger partial charge in [-0.1, -0.05) is 76.1 Å². The smallest absolute Gasteiger partial charge is 0.0544 e. The molecule has 0 aliphatic heterocycles. The molecule has 24 heavy (non-hydrogen) atoms. The summed E-state index contributed by atoms with van der Waals surface area (Å²) in [4.78, 5) is 3.65. The molecule has 0 spiro atoms. The summed E-state index contributed by atoms with van der Waals surface area (Å²) in [5, 5.41) is 1.29. The Bertz CT molecular complexity index is 1010. The van der Waals surface area contributed by atoms with Crippen molar-refractivity contribution in [3.63, 3.8) is 0 Å². The quantitative estimate of drug-likeness (QED) is 0.392. The van der Waals surface area contributed by atoms with Gasteiger partial charge in [-0.15, -0.1) is 0 Å². The van der Waals surface area contributed by atoms with Crippen molar-refractivity contribution in [3.05, 3.63) is 82.3 Å². The van der Waals surface area contributed by atoms with E-state index in [1.807, 2.05) is 0 Å². The molecule has 0 bridgehead atoms. The number of fused-ring (bicyclic) bond motifs is 1. The van der Waals surface area contributed by atoms with Crippen molar-refractivity contribution < 1.29 is 0 Å². The number of aryl methyl sites for hydroxylation is 2. The van der Waals surface area contributed by atoms with Crippen LogP contribution in [0.25, 0.3) is 33.3 Å². The maximum Gasteiger partial charge on any atom is 0.0544 e. The summed E-state index contributed by atoms with van der Waals surface area (Å²) in [6.07, 6.45) is 0. The van der Waals surface area contributed by atoms with Gasteiger partial charge in [0, 0.05) is 20.9 Å². The molecule has 118 valence electrons. The fourth-order valence-electron chi connectivity index (χ4n) is 3.33. The molecule has 2 heteroatoms. The molecular weight excluding hydrogens is 358 g/mol. The first-order valence-corrected chi connectivity index (χ1v) is 8.87. The predicted octanol–water partition coefficient (Wildman–Crippen LogP) is 6.88. The van der Waals surface area contributed by atoms with Crippen LogP contribution in [0.3, 0.4) is 0 Å². The zero-order chi connectivity index (χ0) is 16.7.